The van der Waals surface area contributed by atoms with Gasteiger partial charge in [-0.2, -0.15) is 26.3 Å². The topological polar surface area (TPSA) is 139 Å². The SMILES string of the molecule is COc1cc([N+](=O)[O-])ccc1CC(CCN(CCCCC(=O)C(F)(F)F)C(=O)O)NC(=O)C(F)(F)F. The smallest absolute Gasteiger partial charge is 0.471 e. The molecule has 1 aromatic rings. The molecule has 0 aromatic heterocycles. The van der Waals surface area contributed by atoms with E-state index in [-0.39, 0.29) is 49.2 Å². The van der Waals surface area contributed by atoms with Crippen LogP contribution in [0.2, 0.25) is 0 Å². The summed E-state index contributed by atoms with van der Waals surface area (Å²) in [5, 5.41) is 22.0. The molecule has 0 aliphatic heterocycles. The number of carbonyl (C=O) groups excluding carboxylic acids is 2. The average molecular weight is 531 g/mol. The third kappa shape index (κ3) is 9.95. The van der Waals surface area contributed by atoms with Crippen molar-refractivity contribution >= 4 is 23.5 Å². The lowest BCUT2D eigenvalue weighted by atomic mass is 10.0. The fraction of sp³-hybridized carbons (Fsp3) is 0.550. The van der Waals surface area contributed by atoms with Crippen molar-refractivity contribution in [3.8, 4) is 5.75 Å². The Bertz CT molecular complexity index is 953. The van der Waals surface area contributed by atoms with Crippen LogP contribution in [0.3, 0.4) is 0 Å². The molecule has 0 saturated carbocycles. The number of nitro benzene ring substituents is 1. The predicted molar refractivity (Wildman–Crippen MR) is 110 cm³/mol. The second kappa shape index (κ2) is 12.9. The van der Waals surface area contributed by atoms with Crippen molar-refractivity contribution in [3.05, 3.63) is 33.9 Å². The van der Waals surface area contributed by atoms with Gasteiger partial charge in [0.05, 0.1) is 18.1 Å². The van der Waals surface area contributed by atoms with Gasteiger partial charge in [-0.05, 0) is 37.3 Å². The number of halogens is 6. The number of benzene rings is 1. The van der Waals surface area contributed by atoms with Crippen molar-refractivity contribution in [2.75, 3.05) is 20.2 Å². The Morgan fingerprint density at radius 3 is 2.25 bits per heavy atom. The van der Waals surface area contributed by atoms with E-state index in [1.165, 1.54) is 13.2 Å². The van der Waals surface area contributed by atoms with Crippen molar-refractivity contribution in [2.45, 2.75) is 50.5 Å². The van der Waals surface area contributed by atoms with Gasteiger partial charge >= 0.3 is 24.4 Å². The first-order valence-electron chi connectivity index (χ1n) is 10.3. The zero-order valence-electron chi connectivity index (χ0n) is 18.8. The number of rotatable bonds is 13. The van der Waals surface area contributed by atoms with Gasteiger partial charge in [-0.1, -0.05) is 0 Å². The van der Waals surface area contributed by atoms with Gasteiger partial charge in [-0.15, -0.1) is 0 Å². The molecule has 1 aromatic carbocycles. The summed E-state index contributed by atoms with van der Waals surface area (Å²) in [4.78, 5) is 44.8. The number of ether oxygens (including phenoxy) is 1. The number of nitrogens with one attached hydrogen (secondary N) is 1. The van der Waals surface area contributed by atoms with E-state index in [1.807, 2.05) is 0 Å². The molecule has 1 rings (SSSR count). The van der Waals surface area contributed by atoms with Crippen molar-refractivity contribution in [2.24, 2.45) is 0 Å². The Kier molecular flexibility index (Phi) is 10.9. The molecule has 0 spiro atoms. The van der Waals surface area contributed by atoms with E-state index < -0.39 is 54.1 Å². The second-order valence-electron chi connectivity index (χ2n) is 7.56. The summed E-state index contributed by atoms with van der Waals surface area (Å²) in [6.45, 7) is -0.706. The summed E-state index contributed by atoms with van der Waals surface area (Å²) in [6, 6.07) is 2.04. The molecule has 1 unspecified atom stereocenters. The predicted octanol–water partition coefficient (Wildman–Crippen LogP) is 3.86. The lowest BCUT2D eigenvalue weighted by Gasteiger charge is -2.25. The van der Waals surface area contributed by atoms with Crippen molar-refractivity contribution in [3.63, 3.8) is 0 Å². The Labute approximate surface area is 200 Å². The standard InChI is InChI=1S/C20H23F6N3O7/c1-36-15-11-14(29(34)35)6-5-12(15)10-13(27-17(31)20(24,25)26)7-9-28(18(32)33)8-3-2-4-16(30)19(21,22)23/h5-6,11,13H,2-4,7-10H2,1H3,(H,27,31)(H,32,33). The molecule has 10 nitrogen and oxygen atoms in total. The number of amides is 2. The van der Waals surface area contributed by atoms with Gasteiger partial charge in [0.2, 0.25) is 5.78 Å². The summed E-state index contributed by atoms with van der Waals surface area (Å²) >= 11 is 0. The van der Waals surface area contributed by atoms with Gasteiger partial charge in [-0.3, -0.25) is 19.7 Å². The van der Waals surface area contributed by atoms with E-state index in [4.69, 9.17) is 4.74 Å². The number of carboxylic acid groups (broad SMARTS) is 1. The van der Waals surface area contributed by atoms with Crippen LogP contribution in [0.4, 0.5) is 36.8 Å². The summed E-state index contributed by atoms with van der Waals surface area (Å²) in [5.41, 5.74) is -0.157. The van der Waals surface area contributed by atoms with Crippen LogP contribution in [-0.2, 0) is 16.0 Å². The van der Waals surface area contributed by atoms with Crippen LogP contribution >= 0.6 is 0 Å². The summed E-state index contributed by atoms with van der Waals surface area (Å²) in [5.74, 6) is -4.29. The third-order valence-corrected chi connectivity index (χ3v) is 4.96. The van der Waals surface area contributed by atoms with Gasteiger partial charge < -0.3 is 20.1 Å². The highest BCUT2D eigenvalue weighted by atomic mass is 19.4. The van der Waals surface area contributed by atoms with E-state index in [2.05, 4.69) is 0 Å². The van der Waals surface area contributed by atoms with E-state index in [9.17, 15) is 55.9 Å². The number of Topliss-reactive ketones (excluding diaryl/α,β-unsaturated/α-hetero) is 1. The number of nitro groups is 1. The fourth-order valence-electron chi connectivity index (χ4n) is 3.12. The third-order valence-electron chi connectivity index (χ3n) is 4.96. The zero-order chi connectivity index (χ0) is 27.7. The van der Waals surface area contributed by atoms with Crippen molar-refractivity contribution in [1.29, 1.82) is 0 Å². The quantitative estimate of drug-likeness (QED) is 0.171. The number of hydrogen-bond acceptors (Lipinski definition) is 6. The first-order chi connectivity index (χ1) is 16.6. The highest BCUT2D eigenvalue weighted by Crippen LogP contribution is 2.27. The molecule has 0 aliphatic carbocycles. The largest absolute Gasteiger partial charge is 0.496 e. The number of non-ortho nitro benzene ring substituents is 1. The number of alkyl halides is 6. The van der Waals surface area contributed by atoms with E-state index in [0.29, 0.717) is 0 Å². The Hall–Kier alpha value is -3.59. The van der Waals surface area contributed by atoms with E-state index in [0.717, 1.165) is 17.0 Å². The Morgan fingerprint density at radius 2 is 1.75 bits per heavy atom. The van der Waals surface area contributed by atoms with Gasteiger partial charge in [0.1, 0.15) is 5.75 Å². The molecule has 0 saturated heterocycles. The molecule has 0 fully saturated rings. The number of ketones is 1. The minimum absolute atomic E-state index is 0.0418. The van der Waals surface area contributed by atoms with Crippen LogP contribution in [0.25, 0.3) is 0 Å². The number of unbranched alkanes of at least 4 members (excludes halogenated alkanes) is 1. The van der Waals surface area contributed by atoms with Crippen LogP contribution in [-0.4, -0.2) is 71.3 Å². The number of hydrogen-bond donors (Lipinski definition) is 2. The van der Waals surface area contributed by atoms with Crippen LogP contribution in [0.1, 0.15) is 31.2 Å². The zero-order valence-corrected chi connectivity index (χ0v) is 18.8. The maximum atomic E-state index is 12.8. The van der Waals surface area contributed by atoms with E-state index >= 15 is 0 Å². The van der Waals surface area contributed by atoms with Crippen molar-refractivity contribution < 1.29 is 55.5 Å². The molecule has 2 amide bonds. The highest BCUT2D eigenvalue weighted by molar-refractivity contribution is 5.83. The monoisotopic (exact) mass is 531 g/mol. The lowest BCUT2D eigenvalue weighted by molar-refractivity contribution is -0.384. The van der Waals surface area contributed by atoms with Crippen LogP contribution < -0.4 is 10.1 Å². The van der Waals surface area contributed by atoms with Crippen LogP contribution in [0.15, 0.2) is 18.2 Å². The molecule has 16 heteroatoms. The normalized spacial score (nSPS) is 12.5. The van der Waals surface area contributed by atoms with Gasteiger partial charge in [0.25, 0.3) is 5.69 Å². The van der Waals surface area contributed by atoms with Crippen LogP contribution in [0.5, 0.6) is 5.75 Å². The van der Waals surface area contributed by atoms with Crippen LogP contribution in [0, 0.1) is 10.1 Å². The molecule has 1 atom stereocenters. The average Bonchev–Trinajstić information content (AvgIpc) is 2.76. The first kappa shape index (κ1) is 30.4. The number of carbonyl (C=O) groups is 3. The molecular formula is C20H23F6N3O7. The lowest BCUT2D eigenvalue weighted by Crippen LogP contribution is -2.46. The molecule has 36 heavy (non-hydrogen) atoms. The van der Waals surface area contributed by atoms with Crippen molar-refractivity contribution in [1.82, 2.24) is 10.2 Å². The molecule has 0 heterocycles. The minimum atomic E-state index is -5.24. The minimum Gasteiger partial charge on any atom is -0.496 e. The maximum absolute atomic E-state index is 12.8. The Balaban J connectivity index is 2.93. The second-order valence-corrected chi connectivity index (χ2v) is 7.56. The summed E-state index contributed by atoms with van der Waals surface area (Å²) in [6.07, 6.45) is -13.6. The molecule has 2 N–H and O–H groups in total. The molecule has 202 valence electrons. The first-order valence-corrected chi connectivity index (χ1v) is 10.3. The Morgan fingerprint density at radius 1 is 1.11 bits per heavy atom. The number of methoxy groups -OCH3 is 1. The number of nitrogens with zero attached hydrogens (tertiary/aromatic N) is 2. The maximum Gasteiger partial charge on any atom is 0.471 e. The fourth-order valence-corrected chi connectivity index (χ4v) is 3.12. The van der Waals surface area contributed by atoms with E-state index in [1.54, 1.807) is 5.32 Å². The molecule has 0 bridgehead atoms. The highest BCUT2D eigenvalue weighted by Gasteiger charge is 2.40. The molecule has 0 radical (unpaired) electrons. The van der Waals surface area contributed by atoms with Gasteiger partial charge in [0.15, 0.2) is 0 Å². The molecule has 0 aliphatic rings. The summed E-state index contributed by atoms with van der Waals surface area (Å²) in [7, 11) is 1.17. The van der Waals surface area contributed by atoms with Gasteiger partial charge in [0, 0.05) is 31.6 Å². The molecular weight excluding hydrogens is 508 g/mol. The van der Waals surface area contributed by atoms with Gasteiger partial charge in [-0.25, -0.2) is 4.79 Å². The summed E-state index contributed by atoms with van der Waals surface area (Å²) < 4.78 is 80.1.